The molecule has 21 heavy (non-hydrogen) atoms. The fourth-order valence-corrected chi connectivity index (χ4v) is 2.03. The van der Waals surface area contributed by atoms with Gasteiger partial charge in [-0.2, -0.15) is 0 Å². The summed E-state index contributed by atoms with van der Waals surface area (Å²) in [6, 6.07) is 10.8. The lowest BCUT2D eigenvalue weighted by atomic mass is 9.95. The summed E-state index contributed by atoms with van der Waals surface area (Å²) in [6.45, 7) is 6.60. The summed E-state index contributed by atoms with van der Waals surface area (Å²) >= 11 is 3.30. The van der Waals surface area contributed by atoms with Crippen molar-refractivity contribution < 1.29 is 4.74 Å². The van der Waals surface area contributed by atoms with Crippen LogP contribution in [0.25, 0.3) is 0 Å². The highest BCUT2D eigenvalue weighted by Gasteiger charge is 2.19. The summed E-state index contributed by atoms with van der Waals surface area (Å²) in [4.78, 5) is 8.22. The number of benzene rings is 1. The second kappa shape index (κ2) is 7.52. The first-order valence-electron chi connectivity index (χ1n) is 6.90. The summed E-state index contributed by atoms with van der Waals surface area (Å²) in [6.07, 6.45) is 3.37. The van der Waals surface area contributed by atoms with Gasteiger partial charge in [0.05, 0.1) is 11.1 Å². The molecule has 0 bridgehead atoms. The minimum atomic E-state index is 0.00517. The highest BCUT2D eigenvalue weighted by atomic mass is 79.9. The van der Waals surface area contributed by atoms with Crippen LogP contribution in [0, 0.1) is 5.41 Å². The Bertz CT molecular complexity index is 543. The highest BCUT2D eigenvalue weighted by Crippen LogP contribution is 2.16. The first kappa shape index (κ1) is 15.9. The average molecular weight is 350 g/mol. The van der Waals surface area contributed by atoms with Crippen molar-refractivity contribution in [2.45, 2.75) is 20.4 Å². The lowest BCUT2D eigenvalue weighted by molar-refractivity contribution is 0.164. The van der Waals surface area contributed by atoms with Gasteiger partial charge in [-0.15, -0.1) is 0 Å². The molecule has 0 fully saturated rings. The van der Waals surface area contributed by atoms with Crippen LogP contribution >= 0.6 is 15.9 Å². The SMILES string of the molecule is CC(C)(CNCc1ccccc1)COc1ncc(Br)cn1. The van der Waals surface area contributed by atoms with E-state index in [1.165, 1.54) is 5.56 Å². The van der Waals surface area contributed by atoms with E-state index in [1.807, 2.05) is 6.07 Å². The van der Waals surface area contributed by atoms with Crippen LogP contribution in [0.2, 0.25) is 0 Å². The van der Waals surface area contributed by atoms with Crippen LogP contribution in [0.1, 0.15) is 19.4 Å². The number of hydrogen-bond donors (Lipinski definition) is 1. The number of halogens is 1. The van der Waals surface area contributed by atoms with Gasteiger partial charge in [0, 0.05) is 30.9 Å². The van der Waals surface area contributed by atoms with Gasteiger partial charge in [-0.05, 0) is 21.5 Å². The van der Waals surface area contributed by atoms with Gasteiger partial charge in [-0.3, -0.25) is 0 Å². The Morgan fingerprint density at radius 1 is 1.14 bits per heavy atom. The highest BCUT2D eigenvalue weighted by molar-refractivity contribution is 9.10. The van der Waals surface area contributed by atoms with Crippen molar-refractivity contribution in [3.8, 4) is 6.01 Å². The Morgan fingerprint density at radius 3 is 2.48 bits per heavy atom. The molecule has 0 spiro atoms. The minimum absolute atomic E-state index is 0.00517. The Kier molecular flexibility index (Phi) is 5.70. The number of aromatic nitrogens is 2. The summed E-state index contributed by atoms with van der Waals surface area (Å²) < 4.78 is 6.49. The predicted molar refractivity (Wildman–Crippen MR) is 87.2 cm³/mol. The van der Waals surface area contributed by atoms with Crippen LogP contribution in [-0.4, -0.2) is 23.1 Å². The van der Waals surface area contributed by atoms with Crippen LogP contribution in [0.4, 0.5) is 0 Å². The molecule has 1 heterocycles. The van der Waals surface area contributed by atoms with Gasteiger partial charge >= 0.3 is 6.01 Å². The van der Waals surface area contributed by atoms with Crippen molar-refractivity contribution >= 4 is 15.9 Å². The second-order valence-corrected chi connectivity index (χ2v) is 6.64. The van der Waals surface area contributed by atoms with Crippen molar-refractivity contribution in [1.82, 2.24) is 15.3 Å². The van der Waals surface area contributed by atoms with Gasteiger partial charge in [0.25, 0.3) is 0 Å². The quantitative estimate of drug-likeness (QED) is 0.831. The van der Waals surface area contributed by atoms with E-state index < -0.39 is 0 Å². The first-order chi connectivity index (χ1) is 10.1. The number of nitrogens with one attached hydrogen (secondary N) is 1. The van der Waals surface area contributed by atoms with Gasteiger partial charge in [-0.1, -0.05) is 44.2 Å². The third kappa shape index (κ3) is 5.81. The predicted octanol–water partition coefficient (Wildman–Crippen LogP) is 3.43. The van der Waals surface area contributed by atoms with Gasteiger partial charge in [0.2, 0.25) is 0 Å². The Labute approximate surface area is 134 Å². The lowest BCUT2D eigenvalue weighted by Crippen LogP contribution is -2.34. The Balaban J connectivity index is 1.75. The zero-order chi connectivity index (χ0) is 15.1. The number of nitrogens with zero attached hydrogens (tertiary/aromatic N) is 2. The topological polar surface area (TPSA) is 47.0 Å². The molecule has 0 saturated carbocycles. The third-order valence-corrected chi connectivity index (χ3v) is 3.37. The maximum absolute atomic E-state index is 5.65. The van der Waals surface area contributed by atoms with E-state index in [9.17, 15) is 0 Å². The molecule has 0 unspecified atom stereocenters. The summed E-state index contributed by atoms with van der Waals surface area (Å²) in [7, 11) is 0. The van der Waals surface area contributed by atoms with E-state index in [-0.39, 0.29) is 5.41 Å². The molecule has 1 N–H and O–H groups in total. The molecule has 112 valence electrons. The molecule has 0 radical (unpaired) electrons. The van der Waals surface area contributed by atoms with Crippen molar-refractivity contribution in [2.75, 3.05) is 13.2 Å². The van der Waals surface area contributed by atoms with Gasteiger partial charge in [0.1, 0.15) is 0 Å². The molecule has 1 aromatic heterocycles. The van der Waals surface area contributed by atoms with E-state index in [0.717, 1.165) is 17.6 Å². The molecule has 4 nitrogen and oxygen atoms in total. The van der Waals surface area contributed by atoms with Crippen LogP contribution in [0.3, 0.4) is 0 Å². The molecule has 2 aromatic rings. The molecule has 1 aromatic carbocycles. The monoisotopic (exact) mass is 349 g/mol. The molecule has 0 amide bonds. The molecule has 0 saturated heterocycles. The van der Waals surface area contributed by atoms with Crippen molar-refractivity contribution in [3.63, 3.8) is 0 Å². The van der Waals surface area contributed by atoms with Crippen LogP contribution in [0.15, 0.2) is 47.2 Å². The lowest BCUT2D eigenvalue weighted by Gasteiger charge is -2.24. The van der Waals surface area contributed by atoms with Crippen LogP contribution in [0.5, 0.6) is 6.01 Å². The molecule has 5 heteroatoms. The number of rotatable bonds is 7. The molecule has 0 atom stereocenters. The molecular formula is C16H20BrN3O. The maximum Gasteiger partial charge on any atom is 0.316 e. The standard InChI is InChI=1S/C16H20BrN3O/c1-16(2,11-18-8-13-6-4-3-5-7-13)12-21-15-19-9-14(17)10-20-15/h3-7,9-10,18H,8,11-12H2,1-2H3. The number of ether oxygens (including phenoxy) is 1. The Morgan fingerprint density at radius 2 is 1.81 bits per heavy atom. The third-order valence-electron chi connectivity index (χ3n) is 2.96. The zero-order valence-corrected chi connectivity index (χ0v) is 13.9. The molecule has 0 aliphatic heterocycles. The van der Waals surface area contributed by atoms with Gasteiger partial charge in [0.15, 0.2) is 0 Å². The van der Waals surface area contributed by atoms with Crippen molar-refractivity contribution in [1.29, 1.82) is 0 Å². The maximum atomic E-state index is 5.65. The van der Waals surface area contributed by atoms with Gasteiger partial charge in [-0.25, -0.2) is 9.97 Å². The summed E-state index contributed by atoms with van der Waals surface area (Å²) in [5, 5.41) is 3.46. The van der Waals surface area contributed by atoms with E-state index >= 15 is 0 Å². The smallest absolute Gasteiger partial charge is 0.316 e. The van der Waals surface area contributed by atoms with Crippen molar-refractivity contribution in [3.05, 3.63) is 52.8 Å². The van der Waals surface area contributed by atoms with Gasteiger partial charge < -0.3 is 10.1 Å². The normalized spacial score (nSPS) is 11.4. The van der Waals surface area contributed by atoms with E-state index in [1.54, 1.807) is 12.4 Å². The fourth-order valence-electron chi connectivity index (χ4n) is 1.83. The molecule has 0 aliphatic carbocycles. The van der Waals surface area contributed by atoms with Crippen LogP contribution < -0.4 is 10.1 Å². The molecule has 0 aliphatic rings. The number of hydrogen-bond acceptors (Lipinski definition) is 4. The minimum Gasteiger partial charge on any atom is -0.463 e. The largest absolute Gasteiger partial charge is 0.463 e. The van der Waals surface area contributed by atoms with E-state index in [2.05, 4.69) is 69.3 Å². The average Bonchev–Trinajstić information content (AvgIpc) is 2.48. The van der Waals surface area contributed by atoms with Crippen molar-refractivity contribution in [2.24, 2.45) is 5.41 Å². The zero-order valence-electron chi connectivity index (χ0n) is 12.3. The van der Waals surface area contributed by atoms with Crippen LogP contribution in [-0.2, 0) is 6.54 Å². The Hall–Kier alpha value is -1.46. The second-order valence-electron chi connectivity index (χ2n) is 5.73. The fraction of sp³-hybridized carbons (Fsp3) is 0.375. The van der Waals surface area contributed by atoms with E-state index in [4.69, 9.17) is 4.74 Å². The molecular weight excluding hydrogens is 330 g/mol. The summed E-state index contributed by atoms with van der Waals surface area (Å²) in [5.74, 6) is 0. The first-order valence-corrected chi connectivity index (χ1v) is 7.69. The van der Waals surface area contributed by atoms with E-state index in [0.29, 0.717) is 12.6 Å². The summed E-state index contributed by atoms with van der Waals surface area (Å²) in [5.41, 5.74) is 1.29. The molecule has 2 rings (SSSR count).